The van der Waals surface area contributed by atoms with E-state index in [1.165, 1.54) is 0 Å². The van der Waals surface area contributed by atoms with Crippen LogP contribution in [0, 0.1) is 13.8 Å². The van der Waals surface area contributed by atoms with Crippen LogP contribution in [-0.4, -0.2) is 53.0 Å². The number of hydrogen-bond donors (Lipinski definition) is 1. The molecule has 18 heavy (non-hydrogen) atoms. The lowest BCUT2D eigenvalue weighted by molar-refractivity contribution is -0.00237. The smallest absolute Gasteiger partial charge is 0.259 e. The Morgan fingerprint density at radius 1 is 1.56 bits per heavy atom. The summed E-state index contributed by atoms with van der Waals surface area (Å²) in [4.78, 5) is 13.9. The topological polar surface area (TPSA) is 75.8 Å². The van der Waals surface area contributed by atoms with Gasteiger partial charge in [0.05, 0.1) is 11.8 Å². The Labute approximate surface area is 106 Å². The van der Waals surface area contributed by atoms with E-state index in [0.717, 1.165) is 0 Å². The van der Waals surface area contributed by atoms with E-state index in [0.29, 0.717) is 30.2 Å². The number of likely N-dealkylation sites (tertiary alicyclic amines) is 1. The van der Waals surface area contributed by atoms with Crippen LogP contribution in [-0.2, 0) is 4.74 Å². The number of aromatic nitrogens is 1. The number of hydrogen-bond acceptors (Lipinski definition) is 5. The molecule has 0 radical (unpaired) electrons. The van der Waals surface area contributed by atoms with Crippen LogP contribution in [0.2, 0.25) is 0 Å². The van der Waals surface area contributed by atoms with Crippen molar-refractivity contribution in [3.05, 3.63) is 17.0 Å². The largest absolute Gasteiger partial charge is 0.388 e. The maximum absolute atomic E-state index is 12.3. The third-order valence-electron chi connectivity index (χ3n) is 3.15. The maximum atomic E-state index is 12.3. The molecule has 1 aliphatic heterocycles. The summed E-state index contributed by atoms with van der Waals surface area (Å²) in [6, 6.07) is 0. The molecule has 1 aromatic rings. The van der Waals surface area contributed by atoms with Crippen molar-refractivity contribution in [3.63, 3.8) is 0 Å². The molecular weight excluding hydrogens is 236 g/mol. The van der Waals surface area contributed by atoms with Crippen molar-refractivity contribution in [1.82, 2.24) is 10.1 Å². The zero-order valence-electron chi connectivity index (χ0n) is 10.8. The molecule has 0 aromatic carbocycles. The highest BCUT2D eigenvalue weighted by molar-refractivity contribution is 5.96. The number of aryl methyl sites for hydroxylation is 2. The first-order valence-electron chi connectivity index (χ1n) is 6.06. The summed E-state index contributed by atoms with van der Waals surface area (Å²) in [6.45, 7) is 6.52. The number of aliphatic hydroxyl groups excluding tert-OH is 1. The predicted molar refractivity (Wildman–Crippen MR) is 63.3 cm³/mol. The van der Waals surface area contributed by atoms with Gasteiger partial charge in [-0.15, -0.1) is 0 Å². The van der Waals surface area contributed by atoms with Crippen LogP contribution in [0.3, 0.4) is 0 Å². The average Bonchev–Trinajstić information content (AvgIpc) is 2.84. The van der Waals surface area contributed by atoms with Crippen molar-refractivity contribution >= 4 is 5.91 Å². The first-order chi connectivity index (χ1) is 8.54. The second-order valence-corrected chi connectivity index (χ2v) is 4.47. The zero-order chi connectivity index (χ0) is 13.3. The molecule has 0 spiro atoms. The molecule has 1 fully saturated rings. The molecule has 0 bridgehead atoms. The van der Waals surface area contributed by atoms with Gasteiger partial charge in [-0.1, -0.05) is 5.16 Å². The maximum Gasteiger partial charge on any atom is 0.259 e. The lowest BCUT2D eigenvalue weighted by Gasteiger charge is -2.15. The van der Waals surface area contributed by atoms with Gasteiger partial charge in [-0.3, -0.25) is 4.79 Å². The van der Waals surface area contributed by atoms with E-state index in [1.54, 1.807) is 18.7 Å². The fourth-order valence-electron chi connectivity index (χ4n) is 2.25. The molecule has 1 amide bonds. The van der Waals surface area contributed by atoms with Crippen LogP contribution >= 0.6 is 0 Å². The van der Waals surface area contributed by atoms with Crippen LogP contribution in [0.25, 0.3) is 0 Å². The number of carbonyl (C=O) groups is 1. The van der Waals surface area contributed by atoms with E-state index in [1.807, 2.05) is 6.92 Å². The number of β-amino-alcohol motifs (C(OH)–C–C–N with tert-alkyl or cyclic N) is 1. The van der Waals surface area contributed by atoms with Crippen LogP contribution in [0.1, 0.15) is 28.7 Å². The number of rotatable bonds is 3. The third kappa shape index (κ3) is 2.26. The van der Waals surface area contributed by atoms with Gasteiger partial charge in [0.1, 0.15) is 17.4 Å². The minimum Gasteiger partial charge on any atom is -0.388 e. The quantitative estimate of drug-likeness (QED) is 0.850. The Balaban J connectivity index is 2.12. The van der Waals surface area contributed by atoms with Gasteiger partial charge < -0.3 is 19.3 Å². The molecule has 0 aliphatic carbocycles. The second-order valence-electron chi connectivity index (χ2n) is 4.47. The zero-order valence-corrected chi connectivity index (χ0v) is 10.8. The Hall–Kier alpha value is -1.40. The summed E-state index contributed by atoms with van der Waals surface area (Å²) in [5.41, 5.74) is 1.06. The fraction of sp³-hybridized carbons (Fsp3) is 0.667. The van der Waals surface area contributed by atoms with Crippen LogP contribution in [0.15, 0.2) is 4.52 Å². The summed E-state index contributed by atoms with van der Waals surface area (Å²) in [5.74, 6) is 0.347. The van der Waals surface area contributed by atoms with Crippen molar-refractivity contribution in [2.24, 2.45) is 0 Å². The lowest BCUT2D eigenvalue weighted by atomic mass is 10.2. The molecule has 0 saturated carbocycles. The summed E-state index contributed by atoms with van der Waals surface area (Å²) in [7, 11) is 0. The van der Waals surface area contributed by atoms with Crippen molar-refractivity contribution in [2.75, 3.05) is 19.7 Å². The number of amides is 1. The Bertz CT molecular complexity index is 424. The molecule has 1 aromatic heterocycles. The molecule has 0 unspecified atom stereocenters. The molecule has 1 aliphatic rings. The molecule has 1 N–H and O–H groups in total. The first-order valence-corrected chi connectivity index (χ1v) is 6.06. The lowest BCUT2D eigenvalue weighted by Crippen LogP contribution is -2.30. The van der Waals surface area contributed by atoms with Crippen molar-refractivity contribution in [3.8, 4) is 0 Å². The molecule has 6 heteroatoms. The number of ether oxygens (including phenoxy) is 1. The van der Waals surface area contributed by atoms with Crippen molar-refractivity contribution in [1.29, 1.82) is 0 Å². The Morgan fingerprint density at radius 3 is 2.83 bits per heavy atom. The van der Waals surface area contributed by atoms with Crippen molar-refractivity contribution < 1.29 is 19.2 Å². The first kappa shape index (κ1) is 13.0. The normalized spacial score (nSPS) is 23.7. The number of nitrogens with zero attached hydrogens (tertiary/aromatic N) is 2. The van der Waals surface area contributed by atoms with E-state index in [4.69, 9.17) is 9.26 Å². The van der Waals surface area contributed by atoms with Gasteiger partial charge in [-0.2, -0.15) is 0 Å². The SMILES string of the molecule is CCO[C@@H]1CN(C(=O)c2c(C)noc2C)C[C@H]1O. The van der Waals surface area contributed by atoms with Crippen LogP contribution in [0.4, 0.5) is 0 Å². The number of carbonyl (C=O) groups excluding carboxylic acids is 1. The molecule has 2 atom stereocenters. The Morgan fingerprint density at radius 2 is 2.28 bits per heavy atom. The van der Waals surface area contributed by atoms with Crippen molar-refractivity contribution in [2.45, 2.75) is 33.0 Å². The van der Waals surface area contributed by atoms with Gasteiger partial charge in [-0.25, -0.2) is 0 Å². The van der Waals surface area contributed by atoms with Gasteiger partial charge in [0.15, 0.2) is 0 Å². The number of aliphatic hydroxyl groups is 1. The van der Waals surface area contributed by atoms with Gasteiger partial charge in [0, 0.05) is 19.7 Å². The molecule has 2 heterocycles. The summed E-state index contributed by atoms with van der Waals surface area (Å²) < 4.78 is 10.4. The highest BCUT2D eigenvalue weighted by Gasteiger charge is 2.36. The summed E-state index contributed by atoms with van der Waals surface area (Å²) >= 11 is 0. The summed E-state index contributed by atoms with van der Waals surface area (Å²) in [6.07, 6.45) is -0.936. The van der Waals surface area contributed by atoms with E-state index in [2.05, 4.69) is 5.16 Å². The van der Waals surface area contributed by atoms with Gasteiger partial charge >= 0.3 is 0 Å². The Kier molecular flexibility index (Phi) is 3.68. The van der Waals surface area contributed by atoms with Crippen LogP contribution in [0.5, 0.6) is 0 Å². The third-order valence-corrected chi connectivity index (χ3v) is 3.15. The highest BCUT2D eigenvalue weighted by Crippen LogP contribution is 2.20. The molecule has 2 rings (SSSR count). The van der Waals surface area contributed by atoms with E-state index < -0.39 is 6.10 Å². The van der Waals surface area contributed by atoms with Gasteiger partial charge in [-0.05, 0) is 20.8 Å². The van der Waals surface area contributed by atoms with Gasteiger partial charge in [0.25, 0.3) is 5.91 Å². The van der Waals surface area contributed by atoms with E-state index >= 15 is 0 Å². The van der Waals surface area contributed by atoms with Crippen LogP contribution < -0.4 is 0 Å². The van der Waals surface area contributed by atoms with Gasteiger partial charge in [0.2, 0.25) is 0 Å². The monoisotopic (exact) mass is 254 g/mol. The molecule has 100 valence electrons. The van der Waals surface area contributed by atoms with E-state index in [-0.39, 0.29) is 18.6 Å². The standard InChI is InChI=1S/C12H18N2O4/c1-4-17-10-6-14(5-9(10)15)12(16)11-7(2)13-18-8(11)3/h9-10,15H,4-6H2,1-3H3/t9-,10-/m1/s1. The fourth-order valence-corrected chi connectivity index (χ4v) is 2.25. The predicted octanol–water partition coefficient (Wildman–Crippen LogP) is 0.513. The second kappa shape index (κ2) is 5.07. The summed E-state index contributed by atoms with van der Waals surface area (Å²) in [5, 5.41) is 13.6. The highest BCUT2D eigenvalue weighted by atomic mass is 16.5. The minimum absolute atomic E-state index is 0.160. The molecule has 1 saturated heterocycles. The minimum atomic E-state index is -0.630. The average molecular weight is 254 g/mol. The molecule has 6 nitrogen and oxygen atoms in total. The molecular formula is C12H18N2O4. The van der Waals surface area contributed by atoms with E-state index in [9.17, 15) is 9.90 Å².